The molecule has 1 rings (SSSR count). The van der Waals surface area contributed by atoms with Crippen LogP contribution in [0.25, 0.3) is 0 Å². The first-order valence-electron chi connectivity index (χ1n) is 3.60. The summed E-state index contributed by atoms with van der Waals surface area (Å²) >= 11 is 3.34. The number of halogens is 1. The number of aryl methyl sites for hydroxylation is 1. The van der Waals surface area contributed by atoms with Gasteiger partial charge in [0.2, 0.25) is 0 Å². The first kappa shape index (κ1) is 8.81. The van der Waals surface area contributed by atoms with Crippen LogP contribution in [0.4, 0.5) is 0 Å². The second-order valence-electron chi connectivity index (χ2n) is 2.58. The number of hydrogen-bond donors (Lipinski definition) is 1. The molecule has 2 nitrogen and oxygen atoms in total. The average molecular weight is 219 g/mol. The van der Waals surface area contributed by atoms with Crippen molar-refractivity contribution >= 4 is 15.9 Å². The number of rotatable bonds is 3. The molecule has 0 spiro atoms. The van der Waals surface area contributed by atoms with Crippen molar-refractivity contribution in [2.45, 2.75) is 25.9 Å². The van der Waals surface area contributed by atoms with Gasteiger partial charge in [-0.25, -0.2) is 0 Å². The quantitative estimate of drug-likeness (QED) is 0.846. The summed E-state index contributed by atoms with van der Waals surface area (Å²) in [6.45, 7) is 1.77. The summed E-state index contributed by atoms with van der Waals surface area (Å²) in [5.74, 6) is 0.908. The van der Waals surface area contributed by atoms with E-state index in [1.807, 2.05) is 6.07 Å². The van der Waals surface area contributed by atoms with Crippen LogP contribution in [0.15, 0.2) is 21.2 Å². The van der Waals surface area contributed by atoms with Gasteiger partial charge >= 0.3 is 0 Å². The largest absolute Gasteiger partial charge is 0.468 e. The molecule has 0 aromatic carbocycles. The molecule has 0 aliphatic heterocycles. The molecule has 3 heteroatoms. The molecule has 1 unspecified atom stereocenters. The molecule has 0 saturated carbocycles. The molecule has 0 aliphatic carbocycles. The lowest BCUT2D eigenvalue weighted by atomic mass is 10.2. The van der Waals surface area contributed by atoms with E-state index in [2.05, 4.69) is 15.9 Å². The monoisotopic (exact) mass is 218 g/mol. The van der Waals surface area contributed by atoms with Gasteiger partial charge in [0.15, 0.2) is 0 Å². The predicted octanol–water partition coefficient (Wildman–Crippen LogP) is 2.36. The van der Waals surface area contributed by atoms with Gasteiger partial charge in [-0.3, -0.25) is 0 Å². The zero-order valence-electron chi connectivity index (χ0n) is 6.38. The Morgan fingerprint density at radius 1 is 1.73 bits per heavy atom. The fourth-order valence-electron chi connectivity index (χ4n) is 0.843. The number of furan rings is 1. The molecular formula is C8H11BrO2. The van der Waals surface area contributed by atoms with Gasteiger partial charge in [0.1, 0.15) is 5.76 Å². The van der Waals surface area contributed by atoms with Gasteiger partial charge in [-0.15, -0.1) is 0 Å². The zero-order chi connectivity index (χ0) is 8.27. The van der Waals surface area contributed by atoms with E-state index in [1.54, 1.807) is 13.2 Å². The van der Waals surface area contributed by atoms with E-state index in [0.717, 1.165) is 23.1 Å². The molecule has 0 bridgehead atoms. The van der Waals surface area contributed by atoms with Crippen LogP contribution in [0.5, 0.6) is 0 Å². The van der Waals surface area contributed by atoms with E-state index in [-0.39, 0.29) is 6.10 Å². The van der Waals surface area contributed by atoms with E-state index in [9.17, 15) is 0 Å². The van der Waals surface area contributed by atoms with Crippen LogP contribution in [-0.2, 0) is 6.42 Å². The molecule has 0 radical (unpaired) electrons. The summed E-state index contributed by atoms with van der Waals surface area (Å²) in [5, 5.41) is 8.99. The minimum atomic E-state index is -0.257. The lowest BCUT2D eigenvalue weighted by Gasteiger charge is -2.00. The summed E-state index contributed by atoms with van der Waals surface area (Å²) in [6.07, 6.45) is 2.91. The zero-order valence-corrected chi connectivity index (χ0v) is 7.97. The minimum Gasteiger partial charge on any atom is -0.468 e. The number of hydrogen-bond acceptors (Lipinski definition) is 2. The summed E-state index contributed by atoms with van der Waals surface area (Å²) in [5.41, 5.74) is 0. The predicted molar refractivity (Wildman–Crippen MR) is 46.4 cm³/mol. The van der Waals surface area contributed by atoms with Crippen LogP contribution in [0.2, 0.25) is 0 Å². The van der Waals surface area contributed by atoms with Gasteiger partial charge in [0.25, 0.3) is 0 Å². The van der Waals surface area contributed by atoms with Gasteiger partial charge in [-0.1, -0.05) is 0 Å². The topological polar surface area (TPSA) is 33.4 Å². The van der Waals surface area contributed by atoms with Gasteiger partial charge < -0.3 is 9.52 Å². The van der Waals surface area contributed by atoms with Crippen molar-refractivity contribution in [3.8, 4) is 0 Å². The molecule has 1 heterocycles. The van der Waals surface area contributed by atoms with Crippen LogP contribution in [0.1, 0.15) is 19.1 Å². The molecule has 1 atom stereocenters. The summed E-state index contributed by atoms with van der Waals surface area (Å²) in [4.78, 5) is 0. The van der Waals surface area contributed by atoms with Gasteiger partial charge in [-0.2, -0.15) is 0 Å². The maximum Gasteiger partial charge on any atom is 0.118 e. The van der Waals surface area contributed by atoms with Crippen molar-refractivity contribution in [2.24, 2.45) is 0 Å². The van der Waals surface area contributed by atoms with Crippen molar-refractivity contribution in [1.82, 2.24) is 0 Å². The Morgan fingerprint density at radius 2 is 2.45 bits per heavy atom. The molecule has 0 saturated heterocycles. The van der Waals surface area contributed by atoms with E-state index >= 15 is 0 Å². The van der Waals surface area contributed by atoms with E-state index in [1.165, 1.54) is 0 Å². The molecule has 0 amide bonds. The van der Waals surface area contributed by atoms with Crippen LogP contribution in [0, 0.1) is 0 Å². The van der Waals surface area contributed by atoms with Crippen molar-refractivity contribution in [3.05, 3.63) is 22.6 Å². The summed E-state index contributed by atoms with van der Waals surface area (Å²) < 4.78 is 6.14. The van der Waals surface area contributed by atoms with Crippen molar-refractivity contribution in [2.75, 3.05) is 0 Å². The standard InChI is InChI=1S/C8H11BrO2/c1-6(10)2-3-8-7(9)4-5-11-8/h4-6,10H,2-3H2,1H3. The number of aliphatic hydroxyl groups excluding tert-OH is 1. The van der Waals surface area contributed by atoms with E-state index < -0.39 is 0 Å². The van der Waals surface area contributed by atoms with E-state index in [4.69, 9.17) is 9.52 Å². The highest BCUT2D eigenvalue weighted by molar-refractivity contribution is 9.10. The normalized spacial score (nSPS) is 13.4. The second-order valence-corrected chi connectivity index (χ2v) is 3.43. The Bertz CT molecular complexity index is 218. The van der Waals surface area contributed by atoms with Crippen LogP contribution >= 0.6 is 15.9 Å². The van der Waals surface area contributed by atoms with Crippen molar-refractivity contribution in [1.29, 1.82) is 0 Å². The van der Waals surface area contributed by atoms with E-state index in [0.29, 0.717) is 0 Å². The Labute approximate surface area is 74.3 Å². The Balaban J connectivity index is 2.44. The fourth-order valence-corrected chi connectivity index (χ4v) is 1.24. The van der Waals surface area contributed by atoms with Gasteiger partial charge in [0.05, 0.1) is 16.8 Å². The molecule has 11 heavy (non-hydrogen) atoms. The lowest BCUT2D eigenvalue weighted by Crippen LogP contribution is -2.00. The smallest absolute Gasteiger partial charge is 0.118 e. The van der Waals surface area contributed by atoms with Gasteiger partial charge in [-0.05, 0) is 35.3 Å². The maximum atomic E-state index is 8.99. The Morgan fingerprint density at radius 3 is 2.91 bits per heavy atom. The summed E-state index contributed by atoms with van der Waals surface area (Å²) in [6, 6.07) is 1.86. The second kappa shape index (κ2) is 3.93. The summed E-state index contributed by atoms with van der Waals surface area (Å²) in [7, 11) is 0. The third-order valence-electron chi connectivity index (χ3n) is 1.48. The van der Waals surface area contributed by atoms with Crippen molar-refractivity contribution in [3.63, 3.8) is 0 Å². The first-order chi connectivity index (χ1) is 5.20. The molecule has 0 aliphatic rings. The molecule has 62 valence electrons. The molecule has 0 fully saturated rings. The minimum absolute atomic E-state index is 0.257. The highest BCUT2D eigenvalue weighted by Crippen LogP contribution is 2.19. The highest BCUT2D eigenvalue weighted by atomic mass is 79.9. The molecular weight excluding hydrogens is 208 g/mol. The molecule has 1 aromatic heterocycles. The third-order valence-corrected chi connectivity index (χ3v) is 2.19. The third kappa shape index (κ3) is 2.67. The highest BCUT2D eigenvalue weighted by Gasteiger charge is 2.04. The fraction of sp³-hybridized carbons (Fsp3) is 0.500. The van der Waals surface area contributed by atoms with Crippen LogP contribution in [0.3, 0.4) is 0 Å². The average Bonchev–Trinajstić information content (AvgIpc) is 2.31. The van der Waals surface area contributed by atoms with Crippen LogP contribution in [-0.4, -0.2) is 11.2 Å². The molecule has 1 aromatic rings. The van der Waals surface area contributed by atoms with Gasteiger partial charge in [0, 0.05) is 6.42 Å². The molecule has 1 N–H and O–H groups in total. The van der Waals surface area contributed by atoms with Crippen LogP contribution < -0.4 is 0 Å². The lowest BCUT2D eigenvalue weighted by molar-refractivity contribution is 0.182. The number of aliphatic hydroxyl groups is 1. The SMILES string of the molecule is CC(O)CCc1occc1Br. The Kier molecular flexibility index (Phi) is 3.15. The first-order valence-corrected chi connectivity index (χ1v) is 4.39. The Hall–Kier alpha value is -0.280. The van der Waals surface area contributed by atoms with Crippen molar-refractivity contribution < 1.29 is 9.52 Å². The maximum absolute atomic E-state index is 8.99.